The molecule has 1 aromatic rings. The predicted octanol–water partition coefficient (Wildman–Crippen LogP) is 0.237. The Morgan fingerprint density at radius 3 is 2.45 bits per heavy atom. The Morgan fingerprint density at radius 2 is 1.90 bits per heavy atom. The molecule has 0 saturated carbocycles. The van der Waals surface area contributed by atoms with Gasteiger partial charge in [0.15, 0.2) is 0 Å². The Hall–Kier alpha value is -1.76. The molecular weight excluding hydrogens is 282 g/mol. The van der Waals surface area contributed by atoms with E-state index in [-0.39, 0.29) is 16.6 Å². The van der Waals surface area contributed by atoms with E-state index in [1.165, 1.54) is 4.68 Å². The number of rotatable bonds is 1. The number of amides is 2. The lowest BCUT2D eigenvalue weighted by atomic mass is 10.3. The van der Waals surface area contributed by atoms with Gasteiger partial charge in [0.1, 0.15) is 5.02 Å². The molecule has 110 valence electrons. The summed E-state index contributed by atoms with van der Waals surface area (Å²) in [7, 11) is 5.03. The first kappa shape index (κ1) is 14.6. The van der Waals surface area contributed by atoms with Gasteiger partial charge in [-0.25, -0.2) is 9.48 Å². The van der Waals surface area contributed by atoms with Gasteiger partial charge in [0.25, 0.3) is 5.56 Å². The highest BCUT2D eigenvalue weighted by molar-refractivity contribution is 6.33. The van der Waals surface area contributed by atoms with Gasteiger partial charge in [-0.1, -0.05) is 11.6 Å². The Bertz CT molecular complexity index is 563. The maximum atomic E-state index is 11.8. The van der Waals surface area contributed by atoms with Gasteiger partial charge in [-0.2, -0.15) is 5.10 Å². The van der Waals surface area contributed by atoms with E-state index in [4.69, 9.17) is 11.6 Å². The van der Waals surface area contributed by atoms with Crippen LogP contribution in [0.25, 0.3) is 0 Å². The second kappa shape index (κ2) is 5.70. The second-order valence-corrected chi connectivity index (χ2v) is 5.30. The van der Waals surface area contributed by atoms with Gasteiger partial charge in [-0.3, -0.25) is 4.79 Å². The molecule has 2 rings (SSSR count). The molecule has 1 saturated heterocycles. The monoisotopic (exact) mass is 299 g/mol. The summed E-state index contributed by atoms with van der Waals surface area (Å²) in [6, 6.07) is -0.00199. The number of halogens is 1. The quantitative estimate of drug-likeness (QED) is 0.745. The summed E-state index contributed by atoms with van der Waals surface area (Å²) in [5.74, 6) is 0. The van der Waals surface area contributed by atoms with Crippen molar-refractivity contribution in [2.45, 2.75) is 0 Å². The van der Waals surface area contributed by atoms with Crippen LogP contribution in [-0.2, 0) is 7.05 Å². The number of aromatic nitrogens is 2. The van der Waals surface area contributed by atoms with Crippen LogP contribution >= 0.6 is 11.6 Å². The van der Waals surface area contributed by atoms with Crippen LogP contribution in [-0.4, -0.2) is 65.9 Å². The molecule has 0 spiro atoms. The zero-order chi connectivity index (χ0) is 14.9. The van der Waals surface area contributed by atoms with Gasteiger partial charge in [-0.15, -0.1) is 0 Å². The molecule has 0 bridgehead atoms. The van der Waals surface area contributed by atoms with Crippen molar-refractivity contribution in [3.05, 3.63) is 21.6 Å². The number of nitrogens with zero attached hydrogens (tertiary/aromatic N) is 5. The molecule has 20 heavy (non-hydrogen) atoms. The normalized spacial score (nSPS) is 15.4. The Labute approximate surface area is 122 Å². The summed E-state index contributed by atoms with van der Waals surface area (Å²) in [6.45, 7) is 2.47. The van der Waals surface area contributed by atoms with Gasteiger partial charge in [0.05, 0.1) is 11.9 Å². The standard InChI is InChI=1S/C12H18ClN5O2/c1-15(2)12(20)18-6-4-17(5-7-18)9-8-14-16(3)11(19)10(9)13/h8H,4-7H2,1-3H3. The highest BCUT2D eigenvalue weighted by atomic mass is 35.5. The molecule has 2 heterocycles. The zero-order valence-corrected chi connectivity index (χ0v) is 12.6. The SMILES string of the molecule is CN(C)C(=O)N1CCN(c2cnn(C)c(=O)c2Cl)CC1. The van der Waals surface area contributed by atoms with Crippen molar-refractivity contribution in [2.75, 3.05) is 45.2 Å². The zero-order valence-electron chi connectivity index (χ0n) is 11.8. The number of anilines is 1. The van der Waals surface area contributed by atoms with Crippen LogP contribution in [0.4, 0.5) is 10.5 Å². The number of aryl methyl sites for hydroxylation is 1. The molecule has 0 unspecified atom stereocenters. The third-order valence-electron chi connectivity index (χ3n) is 3.33. The first-order valence-electron chi connectivity index (χ1n) is 6.35. The maximum Gasteiger partial charge on any atom is 0.319 e. The van der Waals surface area contributed by atoms with Crippen LogP contribution in [0.2, 0.25) is 5.02 Å². The Kier molecular flexibility index (Phi) is 4.17. The van der Waals surface area contributed by atoms with Crippen molar-refractivity contribution in [2.24, 2.45) is 7.05 Å². The molecule has 0 radical (unpaired) electrons. The number of hydrogen-bond donors (Lipinski definition) is 0. The van der Waals surface area contributed by atoms with Crippen molar-refractivity contribution >= 4 is 23.3 Å². The minimum atomic E-state index is -0.309. The van der Waals surface area contributed by atoms with Crippen LogP contribution in [0.1, 0.15) is 0 Å². The lowest BCUT2D eigenvalue weighted by Gasteiger charge is -2.37. The average Bonchev–Trinajstić information content (AvgIpc) is 2.44. The van der Waals surface area contributed by atoms with Crippen molar-refractivity contribution < 1.29 is 4.79 Å². The van der Waals surface area contributed by atoms with E-state index in [0.29, 0.717) is 31.9 Å². The maximum absolute atomic E-state index is 11.8. The van der Waals surface area contributed by atoms with Gasteiger partial charge in [0, 0.05) is 47.3 Å². The van der Waals surface area contributed by atoms with Gasteiger partial charge in [0.2, 0.25) is 0 Å². The molecule has 1 aromatic heterocycles. The average molecular weight is 300 g/mol. The number of urea groups is 1. The van der Waals surface area contributed by atoms with Gasteiger partial charge >= 0.3 is 6.03 Å². The van der Waals surface area contributed by atoms with Crippen molar-refractivity contribution in [3.63, 3.8) is 0 Å². The highest BCUT2D eigenvalue weighted by Crippen LogP contribution is 2.22. The molecule has 0 aromatic carbocycles. The third kappa shape index (κ3) is 2.72. The number of piperazine rings is 1. The summed E-state index contributed by atoms with van der Waals surface area (Å²) in [4.78, 5) is 28.9. The first-order chi connectivity index (χ1) is 9.41. The molecule has 2 amide bonds. The van der Waals surface area contributed by atoms with Gasteiger partial charge < -0.3 is 14.7 Å². The smallest absolute Gasteiger partial charge is 0.319 e. The molecule has 1 aliphatic rings. The van der Waals surface area contributed by atoms with Crippen molar-refractivity contribution in [1.82, 2.24) is 19.6 Å². The summed E-state index contributed by atoms with van der Waals surface area (Å²) >= 11 is 6.08. The van der Waals surface area contributed by atoms with E-state index in [0.717, 1.165) is 0 Å². The topological polar surface area (TPSA) is 61.7 Å². The molecule has 0 aliphatic carbocycles. The van der Waals surface area contributed by atoms with Crippen LogP contribution in [0.15, 0.2) is 11.0 Å². The minimum absolute atomic E-state index is 0.00199. The first-order valence-corrected chi connectivity index (χ1v) is 6.72. The van der Waals surface area contributed by atoms with Crippen LogP contribution in [0, 0.1) is 0 Å². The van der Waals surface area contributed by atoms with Crippen LogP contribution in [0.3, 0.4) is 0 Å². The molecule has 1 fully saturated rings. The fourth-order valence-electron chi connectivity index (χ4n) is 2.14. The van der Waals surface area contributed by atoms with E-state index in [1.807, 2.05) is 4.90 Å². The number of carbonyl (C=O) groups is 1. The molecular formula is C12H18ClN5O2. The fourth-order valence-corrected chi connectivity index (χ4v) is 2.43. The van der Waals surface area contributed by atoms with E-state index in [1.54, 1.807) is 37.1 Å². The van der Waals surface area contributed by atoms with E-state index < -0.39 is 0 Å². The molecule has 7 nitrogen and oxygen atoms in total. The fraction of sp³-hybridized carbons (Fsp3) is 0.583. The summed E-state index contributed by atoms with van der Waals surface area (Å²) in [6.07, 6.45) is 1.59. The minimum Gasteiger partial charge on any atom is -0.365 e. The molecule has 8 heteroatoms. The van der Waals surface area contributed by atoms with Crippen molar-refractivity contribution in [3.8, 4) is 0 Å². The van der Waals surface area contributed by atoms with E-state index in [9.17, 15) is 9.59 Å². The van der Waals surface area contributed by atoms with E-state index in [2.05, 4.69) is 5.10 Å². The number of carbonyl (C=O) groups excluding carboxylic acids is 1. The summed E-state index contributed by atoms with van der Waals surface area (Å²) in [5.41, 5.74) is 0.322. The summed E-state index contributed by atoms with van der Waals surface area (Å²) in [5, 5.41) is 4.16. The highest BCUT2D eigenvalue weighted by Gasteiger charge is 2.24. The van der Waals surface area contributed by atoms with Gasteiger partial charge in [-0.05, 0) is 0 Å². The molecule has 0 N–H and O–H groups in total. The molecule has 1 aliphatic heterocycles. The second-order valence-electron chi connectivity index (χ2n) is 4.92. The summed E-state index contributed by atoms with van der Waals surface area (Å²) < 4.78 is 1.21. The Balaban J connectivity index is 2.10. The lowest BCUT2D eigenvalue weighted by Crippen LogP contribution is -2.51. The van der Waals surface area contributed by atoms with Crippen LogP contribution < -0.4 is 10.5 Å². The predicted molar refractivity (Wildman–Crippen MR) is 77.4 cm³/mol. The largest absolute Gasteiger partial charge is 0.365 e. The lowest BCUT2D eigenvalue weighted by molar-refractivity contribution is 0.168. The number of hydrogen-bond acceptors (Lipinski definition) is 4. The van der Waals surface area contributed by atoms with E-state index >= 15 is 0 Å². The third-order valence-corrected chi connectivity index (χ3v) is 3.69. The molecule has 0 atom stereocenters. The Morgan fingerprint density at radius 1 is 1.30 bits per heavy atom. The van der Waals surface area contributed by atoms with Crippen molar-refractivity contribution in [1.29, 1.82) is 0 Å². The van der Waals surface area contributed by atoms with Crippen LogP contribution in [0.5, 0.6) is 0 Å².